The molecule has 2 N–H and O–H groups in total. The van der Waals surface area contributed by atoms with Gasteiger partial charge in [0.2, 0.25) is 0 Å². The first-order chi connectivity index (χ1) is 9.04. The number of benzene rings is 1. The van der Waals surface area contributed by atoms with Crippen LogP contribution in [0.15, 0.2) is 12.1 Å². The maximum Gasteiger partial charge on any atom is 1.00 e. The largest absolute Gasteiger partial charge is 1.00 e. The van der Waals surface area contributed by atoms with E-state index < -0.39 is 11.5 Å². The van der Waals surface area contributed by atoms with E-state index in [1.165, 1.54) is 12.1 Å². The molecule has 1 atom stereocenters. The molecule has 1 aliphatic rings. The Balaban J connectivity index is 0.00000115. The van der Waals surface area contributed by atoms with Crippen molar-refractivity contribution in [2.75, 3.05) is 12.4 Å². The monoisotopic (exact) mass is 284 g/mol. The summed E-state index contributed by atoms with van der Waals surface area (Å²) in [5.74, 6) is -0.625. The summed E-state index contributed by atoms with van der Waals surface area (Å²) in [6.45, 7) is 1.68. The van der Waals surface area contributed by atoms with Gasteiger partial charge in [0, 0.05) is 11.1 Å². The number of hydrogen-bond acceptors (Lipinski definition) is 5. The van der Waals surface area contributed by atoms with E-state index in [-0.39, 0.29) is 36.0 Å². The van der Waals surface area contributed by atoms with Crippen LogP contribution in [0.2, 0.25) is 0 Å². The Kier molecular flexibility index (Phi) is 7.06. The SMILES string of the molecule is C[O-].Cc1c(C=O)ccc2c1NC(=O)C2(O)CC#N.[Na+]. The van der Waals surface area contributed by atoms with Crippen molar-refractivity contribution in [2.24, 2.45) is 0 Å². The fourth-order valence-corrected chi connectivity index (χ4v) is 1.99. The molecule has 0 aromatic heterocycles. The standard InChI is InChI=1S/C12H10N2O3.CH3O.Na/c1-7-8(6-15)2-3-9-10(7)14-11(16)12(9,17)4-5-13;1-2;/h2-3,6,17H,4H2,1H3,(H,14,16);1H3;/q;-1;+1. The van der Waals surface area contributed by atoms with E-state index in [2.05, 4.69) is 5.32 Å². The molecule has 0 spiro atoms. The van der Waals surface area contributed by atoms with Crippen molar-refractivity contribution in [3.05, 3.63) is 28.8 Å². The van der Waals surface area contributed by atoms with Gasteiger partial charge in [0.1, 0.15) is 6.29 Å². The van der Waals surface area contributed by atoms with E-state index in [9.17, 15) is 14.7 Å². The zero-order valence-corrected chi connectivity index (χ0v) is 13.6. The second kappa shape index (κ2) is 7.53. The first-order valence-electron chi connectivity index (χ1n) is 5.45. The summed E-state index contributed by atoms with van der Waals surface area (Å²) in [6, 6.07) is 4.82. The molecule has 0 saturated heterocycles. The maximum absolute atomic E-state index is 11.7. The number of nitrogens with one attached hydrogen (secondary N) is 1. The van der Waals surface area contributed by atoms with E-state index in [0.717, 1.165) is 7.11 Å². The Morgan fingerprint density at radius 2 is 2.10 bits per heavy atom. The Bertz CT molecular complexity index is 568. The van der Waals surface area contributed by atoms with E-state index in [0.29, 0.717) is 28.7 Å². The van der Waals surface area contributed by atoms with Crippen LogP contribution < -0.4 is 40.0 Å². The van der Waals surface area contributed by atoms with Crippen LogP contribution in [0.5, 0.6) is 0 Å². The molecule has 0 aliphatic carbocycles. The predicted octanol–water partition coefficient (Wildman–Crippen LogP) is -3.16. The van der Waals surface area contributed by atoms with E-state index >= 15 is 0 Å². The van der Waals surface area contributed by atoms with Crippen molar-refractivity contribution < 1.29 is 49.4 Å². The van der Waals surface area contributed by atoms with Crippen LogP contribution in [0.1, 0.15) is 27.9 Å². The summed E-state index contributed by atoms with van der Waals surface area (Å²) in [7, 11) is 0.750. The molecular weight excluding hydrogens is 271 g/mol. The maximum atomic E-state index is 11.7. The molecule has 20 heavy (non-hydrogen) atoms. The quantitative estimate of drug-likeness (QED) is 0.439. The summed E-state index contributed by atoms with van der Waals surface area (Å²) in [4.78, 5) is 22.5. The van der Waals surface area contributed by atoms with E-state index in [1.54, 1.807) is 13.0 Å². The number of aldehydes is 1. The summed E-state index contributed by atoms with van der Waals surface area (Å²) < 4.78 is 0. The van der Waals surface area contributed by atoms with Crippen LogP contribution in [-0.2, 0) is 10.4 Å². The van der Waals surface area contributed by atoms with E-state index in [1.807, 2.05) is 0 Å². The van der Waals surface area contributed by atoms with Gasteiger partial charge in [-0.05, 0) is 12.5 Å². The van der Waals surface area contributed by atoms with Gasteiger partial charge < -0.3 is 15.5 Å². The third-order valence-electron chi connectivity index (χ3n) is 3.03. The first kappa shape index (κ1) is 18.8. The number of amides is 1. The third kappa shape index (κ3) is 2.92. The number of carbonyl (C=O) groups is 2. The summed E-state index contributed by atoms with van der Waals surface area (Å²) in [5, 5.41) is 29.6. The summed E-state index contributed by atoms with van der Waals surface area (Å²) in [5.41, 5.74) is 0.0189. The van der Waals surface area contributed by atoms with Gasteiger partial charge in [-0.1, -0.05) is 12.1 Å². The third-order valence-corrected chi connectivity index (χ3v) is 3.03. The smallest absolute Gasteiger partial charge is 0.857 e. The Morgan fingerprint density at radius 1 is 1.50 bits per heavy atom. The fraction of sp³-hybridized carbons (Fsp3) is 0.308. The molecule has 1 unspecified atom stereocenters. The fourth-order valence-electron chi connectivity index (χ4n) is 1.99. The molecule has 0 radical (unpaired) electrons. The second-order valence-corrected chi connectivity index (χ2v) is 3.97. The van der Waals surface area contributed by atoms with Crippen molar-refractivity contribution in [3.63, 3.8) is 0 Å². The van der Waals surface area contributed by atoms with Gasteiger partial charge in [0.05, 0.1) is 18.2 Å². The molecule has 1 amide bonds. The molecule has 0 saturated carbocycles. The molecule has 1 aromatic carbocycles. The molecule has 1 aliphatic heterocycles. The van der Waals surface area contributed by atoms with Crippen LogP contribution in [0.25, 0.3) is 0 Å². The van der Waals surface area contributed by atoms with Gasteiger partial charge in [-0.2, -0.15) is 12.4 Å². The zero-order chi connectivity index (χ0) is 14.6. The number of rotatable bonds is 2. The van der Waals surface area contributed by atoms with Crippen LogP contribution in [0.3, 0.4) is 0 Å². The van der Waals surface area contributed by atoms with Gasteiger partial charge in [0.25, 0.3) is 5.91 Å². The topological polar surface area (TPSA) is 113 Å². The number of carbonyl (C=O) groups excluding carboxylic acids is 2. The normalized spacial score (nSPS) is 18.6. The average molecular weight is 284 g/mol. The van der Waals surface area contributed by atoms with Gasteiger partial charge >= 0.3 is 29.6 Å². The summed E-state index contributed by atoms with van der Waals surface area (Å²) >= 11 is 0. The molecule has 6 nitrogen and oxygen atoms in total. The van der Waals surface area contributed by atoms with Crippen molar-refractivity contribution in [1.82, 2.24) is 0 Å². The van der Waals surface area contributed by atoms with Crippen LogP contribution >= 0.6 is 0 Å². The Labute approximate surface area is 138 Å². The molecule has 0 fully saturated rings. The summed E-state index contributed by atoms with van der Waals surface area (Å²) in [6.07, 6.45) is 0.370. The number of aliphatic hydroxyl groups is 1. The second-order valence-electron chi connectivity index (χ2n) is 3.97. The number of fused-ring (bicyclic) bond motifs is 1. The minimum Gasteiger partial charge on any atom is -0.857 e. The van der Waals surface area contributed by atoms with Crippen molar-refractivity contribution >= 4 is 17.9 Å². The number of hydrogen-bond donors (Lipinski definition) is 2. The number of nitrogens with zero attached hydrogens (tertiary/aromatic N) is 1. The van der Waals surface area contributed by atoms with Gasteiger partial charge in [0.15, 0.2) is 5.60 Å². The van der Waals surface area contributed by atoms with Crippen molar-refractivity contribution in [3.8, 4) is 6.07 Å². The molecule has 0 bridgehead atoms. The van der Waals surface area contributed by atoms with Gasteiger partial charge in [-0.15, -0.1) is 0 Å². The zero-order valence-electron chi connectivity index (χ0n) is 11.6. The average Bonchev–Trinajstić information content (AvgIpc) is 2.67. The van der Waals surface area contributed by atoms with Crippen LogP contribution in [0, 0.1) is 18.3 Å². The predicted molar refractivity (Wildman–Crippen MR) is 65.2 cm³/mol. The van der Waals surface area contributed by atoms with Gasteiger partial charge in [-0.25, -0.2) is 0 Å². The van der Waals surface area contributed by atoms with E-state index in [4.69, 9.17) is 10.4 Å². The van der Waals surface area contributed by atoms with Crippen molar-refractivity contribution in [2.45, 2.75) is 18.9 Å². The van der Waals surface area contributed by atoms with Gasteiger partial charge in [-0.3, -0.25) is 9.59 Å². The molecule has 2 rings (SSSR count). The molecule has 1 heterocycles. The van der Waals surface area contributed by atoms with Crippen molar-refractivity contribution in [1.29, 1.82) is 5.26 Å². The molecule has 100 valence electrons. The molecular formula is C13H13N2NaO4. The number of anilines is 1. The Morgan fingerprint density at radius 3 is 2.60 bits per heavy atom. The van der Waals surface area contributed by atoms with Crippen LogP contribution in [-0.4, -0.2) is 24.4 Å². The minimum atomic E-state index is -1.81. The molecule has 1 aromatic rings. The molecule has 7 heteroatoms. The first-order valence-corrected chi connectivity index (χ1v) is 5.45. The number of nitriles is 1. The minimum absolute atomic E-state index is 0. The Hall–Kier alpha value is -1.23. The van der Waals surface area contributed by atoms with Crippen LogP contribution in [0.4, 0.5) is 5.69 Å².